The molecule has 1 atom stereocenters. The first-order chi connectivity index (χ1) is 19.7. The fraction of sp³-hybridized carbons (Fsp3) is 0.0270. The highest BCUT2D eigenvalue weighted by Crippen LogP contribution is 2.62. The molecule has 40 heavy (non-hydrogen) atoms. The molecule has 0 amide bonds. The van der Waals surface area contributed by atoms with Gasteiger partial charge in [0, 0.05) is 10.6 Å². The number of ether oxygens (including phenoxy) is 2. The van der Waals surface area contributed by atoms with Gasteiger partial charge in [0.25, 0.3) is 0 Å². The van der Waals surface area contributed by atoms with E-state index in [0.717, 1.165) is 50.3 Å². The van der Waals surface area contributed by atoms with Crippen molar-refractivity contribution in [2.75, 3.05) is 0 Å². The van der Waals surface area contributed by atoms with Crippen LogP contribution < -0.4 is 9.47 Å². The van der Waals surface area contributed by atoms with Gasteiger partial charge in [0.2, 0.25) is 0 Å². The molecule has 1 aliphatic carbocycles. The van der Waals surface area contributed by atoms with Crippen molar-refractivity contribution in [3.05, 3.63) is 167 Å². The number of hydrogen-bond donors (Lipinski definition) is 0. The van der Waals surface area contributed by atoms with Gasteiger partial charge in [0.05, 0.1) is 5.41 Å². The summed E-state index contributed by atoms with van der Waals surface area (Å²) >= 11 is 6.15. The molecule has 0 radical (unpaired) electrons. The molecule has 3 heteroatoms. The second-order valence-electron chi connectivity index (χ2n) is 10.2. The third-order valence-corrected chi connectivity index (χ3v) is 8.36. The third kappa shape index (κ3) is 3.30. The zero-order valence-electron chi connectivity index (χ0n) is 21.5. The van der Waals surface area contributed by atoms with Gasteiger partial charge in [-0.2, -0.15) is 0 Å². The van der Waals surface area contributed by atoms with Crippen molar-refractivity contribution < 1.29 is 9.47 Å². The minimum atomic E-state index is -0.527. The highest BCUT2D eigenvalue weighted by Gasteiger charge is 2.48. The molecule has 8 rings (SSSR count). The van der Waals surface area contributed by atoms with Crippen LogP contribution in [-0.4, -0.2) is 0 Å². The largest absolute Gasteiger partial charge is 0.449 e. The summed E-state index contributed by atoms with van der Waals surface area (Å²) in [6.45, 7) is 0. The Morgan fingerprint density at radius 2 is 1.05 bits per heavy atom. The Balaban J connectivity index is 1.39. The first-order valence-electron chi connectivity index (χ1n) is 13.4. The first kappa shape index (κ1) is 23.1. The number of para-hydroxylation sites is 2. The molecule has 6 aromatic rings. The number of benzene rings is 6. The molecule has 1 unspecified atom stereocenters. The van der Waals surface area contributed by atoms with Gasteiger partial charge in [-0.3, -0.25) is 0 Å². The van der Waals surface area contributed by atoms with E-state index in [0.29, 0.717) is 0 Å². The molecule has 1 aliphatic heterocycles. The summed E-state index contributed by atoms with van der Waals surface area (Å²) < 4.78 is 12.9. The lowest BCUT2D eigenvalue weighted by Crippen LogP contribution is -2.28. The molecule has 6 aromatic carbocycles. The summed E-state index contributed by atoms with van der Waals surface area (Å²) in [7, 11) is 0. The van der Waals surface area contributed by atoms with Crippen LogP contribution in [0.25, 0.3) is 22.3 Å². The van der Waals surface area contributed by atoms with E-state index < -0.39 is 5.41 Å². The Morgan fingerprint density at radius 3 is 1.80 bits per heavy atom. The fourth-order valence-corrected chi connectivity index (χ4v) is 6.50. The second kappa shape index (κ2) is 8.87. The average Bonchev–Trinajstić information content (AvgIpc) is 3.32. The quantitative estimate of drug-likeness (QED) is 0.224. The van der Waals surface area contributed by atoms with Crippen molar-refractivity contribution in [1.29, 1.82) is 0 Å². The molecule has 190 valence electrons. The maximum absolute atomic E-state index is 6.59. The van der Waals surface area contributed by atoms with Crippen molar-refractivity contribution >= 4 is 11.6 Å². The molecule has 0 fully saturated rings. The SMILES string of the molecule is Clc1ccc(-c2ccc(C3(c4ccccc4)c4ccccc4-c4c3ccc3c4Oc4ccccc4O3)cc2)cc1. The lowest BCUT2D eigenvalue weighted by molar-refractivity contribution is 0.360. The van der Waals surface area contributed by atoms with Gasteiger partial charge in [-0.25, -0.2) is 0 Å². The number of rotatable bonds is 3. The average molecular weight is 535 g/mol. The van der Waals surface area contributed by atoms with Crippen molar-refractivity contribution in [1.82, 2.24) is 0 Å². The Labute approximate surface area is 238 Å². The molecule has 0 saturated heterocycles. The first-order valence-corrected chi connectivity index (χ1v) is 13.8. The molecule has 1 heterocycles. The molecule has 0 N–H and O–H groups in total. The molecule has 0 spiro atoms. The van der Waals surface area contributed by atoms with E-state index in [1.165, 1.54) is 22.3 Å². The van der Waals surface area contributed by atoms with E-state index in [1.807, 2.05) is 36.4 Å². The zero-order chi connectivity index (χ0) is 26.7. The van der Waals surface area contributed by atoms with Crippen LogP contribution in [0.4, 0.5) is 0 Å². The number of hydrogen-bond acceptors (Lipinski definition) is 2. The summed E-state index contributed by atoms with van der Waals surface area (Å²) in [5, 5.41) is 0.736. The van der Waals surface area contributed by atoms with E-state index in [4.69, 9.17) is 21.1 Å². The van der Waals surface area contributed by atoms with Gasteiger partial charge in [0.15, 0.2) is 23.0 Å². The van der Waals surface area contributed by atoms with Gasteiger partial charge in [0.1, 0.15) is 0 Å². The van der Waals surface area contributed by atoms with E-state index in [9.17, 15) is 0 Å². The summed E-state index contributed by atoms with van der Waals surface area (Å²) in [6.07, 6.45) is 0. The van der Waals surface area contributed by atoms with E-state index in [-0.39, 0.29) is 0 Å². The minimum Gasteiger partial charge on any atom is -0.449 e. The van der Waals surface area contributed by atoms with Gasteiger partial charge in [-0.05, 0) is 69.3 Å². The number of halogens is 1. The van der Waals surface area contributed by atoms with Crippen molar-refractivity contribution in [2.45, 2.75) is 5.41 Å². The van der Waals surface area contributed by atoms with Crippen molar-refractivity contribution in [3.8, 4) is 45.3 Å². The summed E-state index contributed by atoms with van der Waals surface area (Å²) in [6, 6.07) is 48.5. The van der Waals surface area contributed by atoms with E-state index >= 15 is 0 Å². The summed E-state index contributed by atoms with van der Waals surface area (Å²) in [5.74, 6) is 2.95. The number of fused-ring (bicyclic) bond motifs is 6. The normalized spacial score (nSPS) is 16.1. The maximum atomic E-state index is 6.59. The van der Waals surface area contributed by atoms with Gasteiger partial charge >= 0.3 is 0 Å². The molecule has 2 nitrogen and oxygen atoms in total. The Bertz CT molecular complexity index is 1890. The van der Waals surface area contributed by atoms with Crippen LogP contribution in [0.15, 0.2) is 140 Å². The Morgan fingerprint density at radius 1 is 0.450 bits per heavy atom. The molecular weight excluding hydrogens is 512 g/mol. The standard InChI is InChI=1S/C37H23ClO2/c38-28-20-16-25(17-21-28)24-14-18-27(19-15-24)37(26-8-2-1-3-9-26)30-11-5-4-10-29(30)35-31(37)22-23-34-36(35)40-33-13-7-6-12-32(33)39-34/h1-23H. The minimum absolute atomic E-state index is 0.527. The third-order valence-electron chi connectivity index (χ3n) is 8.11. The highest BCUT2D eigenvalue weighted by molar-refractivity contribution is 6.30. The zero-order valence-corrected chi connectivity index (χ0v) is 22.2. The van der Waals surface area contributed by atoms with E-state index in [1.54, 1.807) is 0 Å². The molecular formula is C37H23ClO2. The van der Waals surface area contributed by atoms with Gasteiger partial charge in [-0.1, -0.05) is 121 Å². The molecule has 0 aromatic heterocycles. The molecule has 0 saturated carbocycles. The Hall–Kier alpha value is -4.79. The van der Waals surface area contributed by atoms with E-state index in [2.05, 4.69) is 103 Å². The fourth-order valence-electron chi connectivity index (χ4n) is 6.38. The van der Waals surface area contributed by atoms with Gasteiger partial charge in [-0.15, -0.1) is 0 Å². The van der Waals surface area contributed by atoms with Crippen molar-refractivity contribution in [2.24, 2.45) is 0 Å². The molecule has 0 bridgehead atoms. The van der Waals surface area contributed by atoms with Crippen molar-refractivity contribution in [3.63, 3.8) is 0 Å². The maximum Gasteiger partial charge on any atom is 0.178 e. The lowest BCUT2D eigenvalue weighted by atomic mass is 9.67. The predicted molar refractivity (Wildman–Crippen MR) is 161 cm³/mol. The second-order valence-corrected chi connectivity index (χ2v) is 10.6. The van der Waals surface area contributed by atoms with Crippen LogP contribution in [0, 0.1) is 0 Å². The highest BCUT2D eigenvalue weighted by atomic mass is 35.5. The van der Waals surface area contributed by atoms with Crippen LogP contribution in [0.1, 0.15) is 22.3 Å². The van der Waals surface area contributed by atoms with Crippen LogP contribution >= 0.6 is 11.6 Å². The van der Waals surface area contributed by atoms with Crippen LogP contribution in [-0.2, 0) is 5.41 Å². The van der Waals surface area contributed by atoms with Crippen LogP contribution in [0.3, 0.4) is 0 Å². The van der Waals surface area contributed by atoms with Crippen LogP contribution in [0.2, 0.25) is 5.02 Å². The summed E-state index contributed by atoms with van der Waals surface area (Å²) in [4.78, 5) is 0. The Kier molecular flexibility index (Phi) is 5.13. The smallest absolute Gasteiger partial charge is 0.178 e. The predicted octanol–water partition coefficient (Wildman–Crippen LogP) is 10.3. The van der Waals surface area contributed by atoms with Gasteiger partial charge < -0.3 is 9.47 Å². The topological polar surface area (TPSA) is 18.5 Å². The summed E-state index contributed by atoms with van der Waals surface area (Å²) in [5.41, 5.74) is 8.80. The monoisotopic (exact) mass is 534 g/mol. The van der Waals surface area contributed by atoms with Crippen LogP contribution in [0.5, 0.6) is 23.0 Å². The molecule has 2 aliphatic rings. The lowest BCUT2D eigenvalue weighted by Gasteiger charge is -2.34.